The summed E-state index contributed by atoms with van der Waals surface area (Å²) < 4.78 is 0. The Balaban J connectivity index is 2.22. The van der Waals surface area contributed by atoms with Gasteiger partial charge in [0.2, 0.25) is 23.6 Å². The fourth-order valence-electron chi connectivity index (χ4n) is 7.04. The highest BCUT2D eigenvalue weighted by Gasteiger charge is 2.40. The molecule has 2 N–H and O–H groups in total. The summed E-state index contributed by atoms with van der Waals surface area (Å²) in [6.45, 7) is 23.0. The number of piperidine rings is 1. The first kappa shape index (κ1) is 39.7. The number of likely N-dealkylation sites (N-methyl/N-ethyl adjacent to an activating group) is 1. The first-order valence-corrected chi connectivity index (χ1v) is 17.4. The van der Waals surface area contributed by atoms with Gasteiger partial charge in [-0.2, -0.15) is 0 Å². The second-order valence-electron chi connectivity index (χ2n) is 16.5. The van der Waals surface area contributed by atoms with Gasteiger partial charge >= 0.3 is 0 Å². The van der Waals surface area contributed by atoms with Gasteiger partial charge < -0.3 is 25.3 Å². The maximum absolute atomic E-state index is 14.2. The number of carbonyl (C=O) groups excluding carboxylic acids is 4. The van der Waals surface area contributed by atoms with Crippen molar-refractivity contribution in [3.63, 3.8) is 0 Å². The van der Waals surface area contributed by atoms with Crippen LogP contribution in [-0.2, 0) is 19.2 Å². The molecular weight excluding hydrogens is 580 g/mol. The van der Waals surface area contributed by atoms with Crippen LogP contribution in [0.25, 0.3) is 0 Å². The van der Waals surface area contributed by atoms with E-state index >= 15 is 0 Å². The van der Waals surface area contributed by atoms with E-state index in [1.165, 1.54) is 0 Å². The van der Waals surface area contributed by atoms with Gasteiger partial charge in [0.05, 0.1) is 12.1 Å². The number of hydrogen-bond acceptors (Lipinski definition) is 6. The number of likely N-dealkylation sites (tertiary alicyclic amines) is 2. The number of carbonyl (C=O) groups is 4. The predicted molar refractivity (Wildman–Crippen MR) is 186 cm³/mol. The first-order valence-electron chi connectivity index (χ1n) is 17.4. The summed E-state index contributed by atoms with van der Waals surface area (Å²) in [5, 5.41) is 6.23. The highest BCUT2D eigenvalue weighted by Crippen LogP contribution is 2.27. The van der Waals surface area contributed by atoms with Crippen molar-refractivity contribution in [3.8, 4) is 0 Å². The SMILES string of the molecule is C/C(=C\C(C(C)C)N(C)C(=O)[C@@H](NC(=O)[C@H]1CCCCN1C(C)C)C(C)(C)C)C(=O)N1CCC[C@H]1C(=O)NCC(C)(C)CN(C)C. The van der Waals surface area contributed by atoms with Crippen molar-refractivity contribution in [1.82, 2.24) is 30.2 Å². The van der Waals surface area contributed by atoms with E-state index in [1.54, 1.807) is 23.8 Å². The molecule has 4 atom stereocenters. The van der Waals surface area contributed by atoms with Crippen LogP contribution in [0.5, 0.6) is 0 Å². The van der Waals surface area contributed by atoms with E-state index in [0.717, 1.165) is 38.8 Å². The molecule has 1 unspecified atom stereocenters. The topological polar surface area (TPSA) is 105 Å². The van der Waals surface area contributed by atoms with Gasteiger partial charge in [0.25, 0.3) is 0 Å². The lowest BCUT2D eigenvalue weighted by molar-refractivity contribution is -0.142. The lowest BCUT2D eigenvalue weighted by Gasteiger charge is -2.41. The Morgan fingerprint density at radius 3 is 2.02 bits per heavy atom. The van der Waals surface area contributed by atoms with E-state index in [2.05, 4.69) is 48.1 Å². The van der Waals surface area contributed by atoms with Crippen molar-refractivity contribution in [3.05, 3.63) is 11.6 Å². The van der Waals surface area contributed by atoms with Crippen molar-refractivity contribution >= 4 is 23.6 Å². The quantitative estimate of drug-likeness (QED) is 0.294. The van der Waals surface area contributed by atoms with Gasteiger partial charge in [-0.05, 0) is 83.8 Å². The van der Waals surface area contributed by atoms with Gasteiger partial charge in [0.1, 0.15) is 12.1 Å². The molecule has 0 bridgehead atoms. The molecule has 2 heterocycles. The monoisotopic (exact) mass is 647 g/mol. The fraction of sp³-hybridized carbons (Fsp3) is 0.833. The Bertz CT molecular complexity index is 1090. The molecule has 0 spiro atoms. The zero-order chi connectivity index (χ0) is 35.1. The van der Waals surface area contributed by atoms with Crippen LogP contribution in [0.15, 0.2) is 11.6 Å². The molecule has 2 aliphatic rings. The maximum atomic E-state index is 14.2. The summed E-state index contributed by atoms with van der Waals surface area (Å²) in [5.74, 6) is -0.554. The van der Waals surface area contributed by atoms with Crippen LogP contribution >= 0.6 is 0 Å². The molecule has 0 saturated carbocycles. The minimum absolute atomic E-state index is 0.0133. The first-order chi connectivity index (χ1) is 21.2. The van der Waals surface area contributed by atoms with E-state index in [-0.39, 0.29) is 53.1 Å². The molecule has 10 heteroatoms. The number of nitrogens with one attached hydrogen (secondary N) is 2. The van der Waals surface area contributed by atoms with E-state index < -0.39 is 17.5 Å². The molecule has 0 aromatic rings. The minimum Gasteiger partial charge on any atom is -0.354 e. The summed E-state index contributed by atoms with van der Waals surface area (Å²) >= 11 is 0. The summed E-state index contributed by atoms with van der Waals surface area (Å²) in [7, 11) is 5.79. The van der Waals surface area contributed by atoms with Gasteiger partial charge in [-0.3, -0.25) is 24.1 Å². The number of rotatable bonds is 13. The standard InChI is InChI=1S/C36H66N6O4/c1-24(2)29(21-26(5)33(45)42-20-16-18-27(42)31(43)37-22-36(9,10)23-39(11)12)40(13)34(46)30(35(6,7)8)38-32(44)28-17-14-15-19-41(28)25(3)4/h21,24-25,27-30H,14-20,22-23H2,1-13H3,(H,37,43)(H,38,44)/b26-21+/t27-,28+,29?,30+/m0/s1. The van der Waals surface area contributed by atoms with Crippen molar-refractivity contribution in [2.24, 2.45) is 16.7 Å². The van der Waals surface area contributed by atoms with Gasteiger partial charge in [-0.25, -0.2) is 0 Å². The van der Waals surface area contributed by atoms with Gasteiger partial charge in [0.15, 0.2) is 0 Å². The third-order valence-electron chi connectivity index (χ3n) is 9.45. The molecule has 2 aliphatic heterocycles. The Hall–Kier alpha value is -2.46. The summed E-state index contributed by atoms with van der Waals surface area (Å²) in [6, 6.07) is -1.61. The van der Waals surface area contributed by atoms with Crippen molar-refractivity contribution < 1.29 is 19.2 Å². The van der Waals surface area contributed by atoms with Crippen molar-refractivity contribution in [2.75, 3.05) is 47.3 Å². The highest BCUT2D eigenvalue weighted by atomic mass is 16.2. The van der Waals surface area contributed by atoms with Crippen LogP contribution in [0.3, 0.4) is 0 Å². The molecule has 2 saturated heterocycles. The molecule has 0 aliphatic carbocycles. The molecule has 2 fully saturated rings. The lowest BCUT2D eigenvalue weighted by Crippen LogP contribution is -2.60. The minimum atomic E-state index is -0.727. The van der Waals surface area contributed by atoms with Gasteiger partial charge in [0, 0.05) is 38.3 Å². The Morgan fingerprint density at radius 2 is 1.48 bits per heavy atom. The largest absolute Gasteiger partial charge is 0.354 e. The van der Waals surface area contributed by atoms with E-state index in [9.17, 15) is 19.2 Å². The van der Waals surface area contributed by atoms with Crippen LogP contribution in [0, 0.1) is 16.7 Å². The number of amides is 4. The number of hydrogen-bond donors (Lipinski definition) is 2. The molecule has 0 aromatic carbocycles. The molecular formula is C36H66N6O4. The van der Waals surface area contributed by atoms with Crippen LogP contribution in [0.4, 0.5) is 0 Å². The van der Waals surface area contributed by atoms with Crippen molar-refractivity contribution in [1.29, 1.82) is 0 Å². The molecule has 0 aromatic heterocycles. The fourth-order valence-corrected chi connectivity index (χ4v) is 7.04. The second-order valence-corrected chi connectivity index (χ2v) is 16.5. The molecule has 2 rings (SSSR count). The Labute approximate surface area is 280 Å². The smallest absolute Gasteiger partial charge is 0.249 e. The van der Waals surface area contributed by atoms with Gasteiger partial charge in [-0.1, -0.05) is 61.0 Å². The molecule has 264 valence electrons. The lowest BCUT2D eigenvalue weighted by atomic mass is 9.84. The molecule has 0 radical (unpaired) electrons. The average molecular weight is 647 g/mol. The van der Waals surface area contributed by atoms with E-state index in [1.807, 2.05) is 54.8 Å². The molecule has 46 heavy (non-hydrogen) atoms. The molecule has 10 nitrogen and oxygen atoms in total. The summed E-state index contributed by atoms with van der Waals surface area (Å²) in [6.07, 6.45) is 6.12. The Morgan fingerprint density at radius 1 is 0.870 bits per heavy atom. The third-order valence-corrected chi connectivity index (χ3v) is 9.45. The normalized spacial score (nSPS) is 21.5. The van der Waals surface area contributed by atoms with E-state index in [4.69, 9.17) is 0 Å². The van der Waals surface area contributed by atoms with Crippen LogP contribution < -0.4 is 10.6 Å². The average Bonchev–Trinajstić information content (AvgIpc) is 3.44. The van der Waals surface area contributed by atoms with Gasteiger partial charge in [-0.15, -0.1) is 0 Å². The summed E-state index contributed by atoms with van der Waals surface area (Å²) in [5.41, 5.74) is -0.110. The highest BCUT2D eigenvalue weighted by molar-refractivity contribution is 5.97. The maximum Gasteiger partial charge on any atom is 0.249 e. The number of nitrogens with zero attached hydrogens (tertiary/aromatic N) is 4. The van der Waals surface area contributed by atoms with Crippen LogP contribution in [0.1, 0.15) is 101 Å². The Kier molecular flexibility index (Phi) is 14.3. The predicted octanol–water partition coefficient (Wildman–Crippen LogP) is 3.90. The second kappa shape index (κ2) is 16.6. The van der Waals surface area contributed by atoms with Crippen molar-refractivity contribution in [2.45, 2.75) is 132 Å². The summed E-state index contributed by atoms with van der Waals surface area (Å²) in [4.78, 5) is 62.5. The zero-order valence-electron chi connectivity index (χ0n) is 31.3. The van der Waals surface area contributed by atoms with E-state index in [0.29, 0.717) is 25.1 Å². The van der Waals surface area contributed by atoms with Crippen LogP contribution in [0.2, 0.25) is 0 Å². The molecule has 4 amide bonds. The third kappa shape index (κ3) is 10.8. The zero-order valence-corrected chi connectivity index (χ0v) is 31.3. The van der Waals surface area contributed by atoms with Crippen LogP contribution in [-0.4, -0.2) is 121 Å².